The maximum atomic E-state index is 11.6. The molecule has 17 heavy (non-hydrogen) atoms. The van der Waals surface area contributed by atoms with Crippen LogP contribution in [0.4, 0.5) is 0 Å². The monoisotopic (exact) mass is 242 g/mol. The lowest BCUT2D eigenvalue weighted by Crippen LogP contribution is -2.55. The number of rotatable bonds is 3. The van der Waals surface area contributed by atoms with Gasteiger partial charge in [-0.15, -0.1) is 0 Å². The van der Waals surface area contributed by atoms with Crippen LogP contribution in [0.5, 0.6) is 0 Å². The normalized spacial score (nSPS) is 19.0. The molecule has 2 N–H and O–H groups in total. The molecule has 1 rings (SSSR count). The third-order valence-corrected chi connectivity index (χ3v) is 4.08. The number of hydrogen-bond acceptors (Lipinski definition) is 2. The van der Waals surface area contributed by atoms with Crippen molar-refractivity contribution in [1.82, 2.24) is 0 Å². The SMILES string of the molecule is CC(C)(C)C(C(=O)O)(C(=O)O)C1CCCCC1. The third kappa shape index (κ3) is 2.17. The summed E-state index contributed by atoms with van der Waals surface area (Å²) in [5, 5.41) is 19.0. The standard InChI is InChI=1S/C13H22O4/c1-12(2,3)13(10(14)15,11(16)17)9-7-5-4-6-8-9/h9H,4-8H2,1-3H3,(H,14,15)(H,16,17). The van der Waals surface area contributed by atoms with Crippen LogP contribution in [0.25, 0.3) is 0 Å². The number of carboxylic acids is 2. The van der Waals surface area contributed by atoms with Gasteiger partial charge in [-0.05, 0) is 24.2 Å². The Labute approximate surface area is 102 Å². The Kier molecular flexibility index (Phi) is 3.84. The molecular formula is C13H22O4. The molecular weight excluding hydrogens is 220 g/mol. The molecule has 0 spiro atoms. The Balaban J connectivity index is 3.24. The second kappa shape index (κ2) is 4.67. The minimum absolute atomic E-state index is 0.258. The molecule has 1 fully saturated rings. The van der Waals surface area contributed by atoms with Crippen molar-refractivity contribution >= 4 is 11.9 Å². The van der Waals surface area contributed by atoms with Gasteiger partial charge >= 0.3 is 11.9 Å². The largest absolute Gasteiger partial charge is 0.480 e. The zero-order valence-corrected chi connectivity index (χ0v) is 10.8. The lowest BCUT2D eigenvalue weighted by molar-refractivity contribution is -0.181. The van der Waals surface area contributed by atoms with E-state index in [1.54, 1.807) is 20.8 Å². The summed E-state index contributed by atoms with van der Waals surface area (Å²) in [6.45, 7) is 5.14. The number of carbonyl (C=O) groups is 2. The van der Waals surface area contributed by atoms with Gasteiger partial charge in [0.2, 0.25) is 0 Å². The van der Waals surface area contributed by atoms with Gasteiger partial charge in [0.05, 0.1) is 0 Å². The van der Waals surface area contributed by atoms with Crippen molar-refractivity contribution in [2.24, 2.45) is 16.7 Å². The average Bonchev–Trinajstić information content (AvgIpc) is 2.16. The maximum absolute atomic E-state index is 11.6. The van der Waals surface area contributed by atoms with Crippen molar-refractivity contribution < 1.29 is 19.8 Å². The van der Waals surface area contributed by atoms with Crippen LogP contribution in [0.2, 0.25) is 0 Å². The van der Waals surface area contributed by atoms with Gasteiger partial charge < -0.3 is 10.2 Å². The number of aliphatic carboxylic acids is 2. The molecule has 0 saturated heterocycles. The Hall–Kier alpha value is -1.06. The lowest BCUT2D eigenvalue weighted by atomic mass is 9.56. The molecule has 0 amide bonds. The van der Waals surface area contributed by atoms with E-state index >= 15 is 0 Å². The first-order valence-corrected chi connectivity index (χ1v) is 6.21. The first-order valence-electron chi connectivity index (χ1n) is 6.21. The minimum atomic E-state index is -1.66. The summed E-state index contributed by atoms with van der Waals surface area (Å²) >= 11 is 0. The van der Waals surface area contributed by atoms with E-state index < -0.39 is 22.8 Å². The first-order chi connectivity index (χ1) is 7.74. The summed E-state index contributed by atoms with van der Waals surface area (Å²) in [6.07, 6.45) is 4.35. The highest BCUT2D eigenvalue weighted by Crippen LogP contribution is 2.50. The van der Waals surface area contributed by atoms with Crippen LogP contribution < -0.4 is 0 Å². The maximum Gasteiger partial charge on any atom is 0.321 e. The highest BCUT2D eigenvalue weighted by Gasteiger charge is 2.60. The van der Waals surface area contributed by atoms with Gasteiger partial charge in [0, 0.05) is 0 Å². The van der Waals surface area contributed by atoms with Crippen molar-refractivity contribution in [3.8, 4) is 0 Å². The summed E-state index contributed by atoms with van der Waals surface area (Å²) in [6, 6.07) is 0. The van der Waals surface area contributed by atoms with Crippen LogP contribution in [0, 0.1) is 16.7 Å². The number of hydrogen-bond donors (Lipinski definition) is 2. The molecule has 0 atom stereocenters. The summed E-state index contributed by atoms with van der Waals surface area (Å²) < 4.78 is 0. The van der Waals surface area contributed by atoms with Crippen LogP contribution in [0.15, 0.2) is 0 Å². The molecule has 0 unspecified atom stereocenters. The van der Waals surface area contributed by atoms with Gasteiger partial charge in [0.15, 0.2) is 5.41 Å². The van der Waals surface area contributed by atoms with Gasteiger partial charge in [0.25, 0.3) is 0 Å². The molecule has 4 nitrogen and oxygen atoms in total. The van der Waals surface area contributed by atoms with Gasteiger partial charge in [-0.1, -0.05) is 40.0 Å². The first kappa shape index (κ1) is 14.0. The second-order valence-electron chi connectivity index (χ2n) is 6.00. The van der Waals surface area contributed by atoms with E-state index in [-0.39, 0.29) is 5.92 Å². The molecule has 4 heteroatoms. The van der Waals surface area contributed by atoms with Crippen LogP contribution >= 0.6 is 0 Å². The molecule has 0 bridgehead atoms. The van der Waals surface area contributed by atoms with Crippen LogP contribution in [0.3, 0.4) is 0 Å². The fourth-order valence-corrected chi connectivity index (χ4v) is 3.23. The van der Waals surface area contributed by atoms with E-state index in [0.717, 1.165) is 19.3 Å². The van der Waals surface area contributed by atoms with E-state index in [1.165, 1.54) is 0 Å². The summed E-state index contributed by atoms with van der Waals surface area (Å²) in [5.41, 5.74) is -2.44. The molecule has 98 valence electrons. The van der Waals surface area contributed by atoms with E-state index in [9.17, 15) is 19.8 Å². The zero-order valence-electron chi connectivity index (χ0n) is 10.8. The zero-order chi connectivity index (χ0) is 13.3. The Morgan fingerprint density at radius 2 is 1.35 bits per heavy atom. The van der Waals surface area contributed by atoms with Crippen LogP contribution in [-0.4, -0.2) is 22.2 Å². The van der Waals surface area contributed by atoms with Crippen LogP contribution in [0.1, 0.15) is 52.9 Å². The Morgan fingerprint density at radius 1 is 0.941 bits per heavy atom. The van der Waals surface area contributed by atoms with Gasteiger partial charge in [-0.3, -0.25) is 9.59 Å². The fraction of sp³-hybridized carbons (Fsp3) is 0.846. The van der Waals surface area contributed by atoms with Crippen molar-refractivity contribution in [2.45, 2.75) is 52.9 Å². The Morgan fingerprint density at radius 3 is 1.65 bits per heavy atom. The molecule has 0 aromatic rings. The quantitative estimate of drug-likeness (QED) is 0.746. The molecule has 0 heterocycles. The van der Waals surface area contributed by atoms with Crippen molar-refractivity contribution in [1.29, 1.82) is 0 Å². The van der Waals surface area contributed by atoms with Crippen molar-refractivity contribution in [3.63, 3.8) is 0 Å². The predicted octanol–water partition coefficient (Wildman–Crippen LogP) is 2.77. The summed E-state index contributed by atoms with van der Waals surface area (Å²) in [5.74, 6) is -2.64. The van der Waals surface area contributed by atoms with E-state index in [2.05, 4.69) is 0 Å². The lowest BCUT2D eigenvalue weighted by Gasteiger charge is -2.44. The second-order valence-corrected chi connectivity index (χ2v) is 6.00. The smallest absolute Gasteiger partial charge is 0.321 e. The van der Waals surface area contributed by atoms with Crippen LogP contribution in [-0.2, 0) is 9.59 Å². The summed E-state index contributed by atoms with van der Waals surface area (Å²) in [4.78, 5) is 23.3. The molecule has 0 aromatic carbocycles. The molecule has 1 aliphatic rings. The molecule has 1 aliphatic carbocycles. The van der Waals surface area contributed by atoms with Gasteiger partial charge in [-0.2, -0.15) is 0 Å². The van der Waals surface area contributed by atoms with E-state index in [1.807, 2.05) is 0 Å². The van der Waals surface area contributed by atoms with E-state index in [4.69, 9.17) is 0 Å². The topological polar surface area (TPSA) is 74.6 Å². The highest BCUT2D eigenvalue weighted by atomic mass is 16.4. The average molecular weight is 242 g/mol. The van der Waals surface area contributed by atoms with Crippen molar-refractivity contribution in [3.05, 3.63) is 0 Å². The molecule has 0 radical (unpaired) electrons. The van der Waals surface area contributed by atoms with E-state index in [0.29, 0.717) is 12.8 Å². The predicted molar refractivity (Wildman–Crippen MR) is 63.7 cm³/mol. The van der Waals surface area contributed by atoms with Crippen molar-refractivity contribution in [2.75, 3.05) is 0 Å². The molecule has 0 aliphatic heterocycles. The van der Waals surface area contributed by atoms with Gasteiger partial charge in [-0.25, -0.2) is 0 Å². The Bertz CT molecular complexity index is 294. The third-order valence-electron chi connectivity index (χ3n) is 4.08. The molecule has 1 saturated carbocycles. The minimum Gasteiger partial charge on any atom is -0.480 e. The highest BCUT2D eigenvalue weighted by molar-refractivity contribution is 5.99. The summed E-state index contributed by atoms with van der Waals surface area (Å²) in [7, 11) is 0. The number of carboxylic acid groups (broad SMARTS) is 2. The van der Waals surface area contributed by atoms with Gasteiger partial charge in [0.1, 0.15) is 0 Å². The molecule has 0 aromatic heterocycles. The fourth-order valence-electron chi connectivity index (χ4n) is 3.23.